The lowest BCUT2D eigenvalue weighted by molar-refractivity contribution is -0.136. The Bertz CT molecular complexity index is 775. The second-order valence-corrected chi connectivity index (χ2v) is 5.84. The number of hydrogen-bond donors (Lipinski definition) is 2. The molecule has 0 saturated carbocycles. The molecule has 0 fully saturated rings. The molecule has 0 saturated heterocycles. The number of halogens is 4. The molecule has 0 bridgehead atoms. The first kappa shape index (κ1) is 19.6. The lowest BCUT2D eigenvalue weighted by Gasteiger charge is -2.19. The monoisotopic (exact) mass is 369 g/mol. The number of benzene rings is 2. The Kier molecular flexibility index (Phi) is 6.07. The number of nitrogens with zero attached hydrogens (tertiary/aromatic N) is 1. The van der Waals surface area contributed by atoms with Gasteiger partial charge in [0.2, 0.25) is 0 Å². The number of nitrogens with one attached hydrogen (secondary N) is 2. The van der Waals surface area contributed by atoms with Crippen molar-refractivity contribution >= 4 is 17.4 Å². The lowest BCUT2D eigenvalue weighted by Crippen LogP contribution is -2.31. The van der Waals surface area contributed by atoms with E-state index >= 15 is 0 Å². The highest BCUT2D eigenvalue weighted by molar-refractivity contribution is 5.90. The number of carbonyl (C=O) groups excluding carboxylic acids is 1. The molecule has 2 aromatic rings. The van der Waals surface area contributed by atoms with Gasteiger partial charge in [-0.2, -0.15) is 13.2 Å². The molecule has 0 aliphatic carbocycles. The summed E-state index contributed by atoms with van der Waals surface area (Å²) in [6.45, 7) is 0.0872. The van der Waals surface area contributed by atoms with Crippen molar-refractivity contribution in [2.75, 3.05) is 30.9 Å². The molecule has 0 heterocycles. The van der Waals surface area contributed by atoms with Crippen LogP contribution in [0.1, 0.15) is 11.1 Å². The molecule has 0 radical (unpaired) electrons. The van der Waals surface area contributed by atoms with Gasteiger partial charge in [-0.1, -0.05) is 18.2 Å². The fraction of sp³-hybridized carbons (Fsp3) is 0.278. The number of alkyl halides is 3. The minimum Gasteiger partial charge on any atom is -0.378 e. The van der Waals surface area contributed by atoms with Gasteiger partial charge in [0.1, 0.15) is 5.82 Å². The van der Waals surface area contributed by atoms with E-state index in [1.54, 1.807) is 32.3 Å². The van der Waals surface area contributed by atoms with Gasteiger partial charge in [-0.25, -0.2) is 9.18 Å². The van der Waals surface area contributed by atoms with Crippen molar-refractivity contribution in [1.82, 2.24) is 5.32 Å². The molecule has 2 rings (SSSR count). The van der Waals surface area contributed by atoms with Crippen LogP contribution in [0.2, 0.25) is 0 Å². The second kappa shape index (κ2) is 8.07. The normalized spacial score (nSPS) is 11.2. The van der Waals surface area contributed by atoms with E-state index in [0.717, 1.165) is 6.07 Å². The molecule has 0 atom stereocenters. The van der Waals surface area contributed by atoms with Crippen LogP contribution in [0.5, 0.6) is 0 Å². The van der Waals surface area contributed by atoms with Crippen LogP contribution in [0.3, 0.4) is 0 Å². The number of urea groups is 1. The Hall–Kier alpha value is -2.77. The molecule has 0 aliphatic rings. The Labute approximate surface area is 148 Å². The van der Waals surface area contributed by atoms with E-state index in [1.165, 1.54) is 23.1 Å². The Morgan fingerprint density at radius 2 is 1.81 bits per heavy atom. The summed E-state index contributed by atoms with van der Waals surface area (Å²) in [5.74, 6) is -0.395. The topological polar surface area (TPSA) is 44.4 Å². The summed E-state index contributed by atoms with van der Waals surface area (Å²) in [5.41, 5.74) is -0.499. The molecule has 0 aliphatic heterocycles. The average molecular weight is 369 g/mol. The Morgan fingerprint density at radius 3 is 2.42 bits per heavy atom. The van der Waals surface area contributed by atoms with E-state index in [9.17, 15) is 22.4 Å². The van der Waals surface area contributed by atoms with Crippen molar-refractivity contribution in [2.24, 2.45) is 0 Å². The van der Waals surface area contributed by atoms with Crippen LogP contribution in [0.25, 0.3) is 0 Å². The van der Waals surface area contributed by atoms with Crippen LogP contribution in [0.4, 0.5) is 33.7 Å². The molecular weight excluding hydrogens is 350 g/mol. The van der Waals surface area contributed by atoms with Crippen LogP contribution < -0.4 is 15.5 Å². The zero-order valence-electron chi connectivity index (χ0n) is 14.3. The molecule has 0 aromatic heterocycles. The summed E-state index contributed by atoms with van der Waals surface area (Å²) in [5, 5.41) is 4.63. The van der Waals surface area contributed by atoms with E-state index in [0.29, 0.717) is 11.3 Å². The molecule has 8 heteroatoms. The van der Waals surface area contributed by atoms with Gasteiger partial charge in [-0.05, 0) is 36.2 Å². The van der Waals surface area contributed by atoms with Gasteiger partial charge in [0.05, 0.1) is 11.3 Å². The summed E-state index contributed by atoms with van der Waals surface area (Å²) in [4.78, 5) is 13.4. The van der Waals surface area contributed by atoms with Crippen molar-refractivity contribution in [3.05, 3.63) is 59.4 Å². The third-order valence-electron chi connectivity index (χ3n) is 3.71. The maximum atomic E-state index is 13.5. The summed E-state index contributed by atoms with van der Waals surface area (Å²) in [6, 6.07) is 8.96. The zero-order valence-corrected chi connectivity index (χ0v) is 14.3. The molecule has 2 amide bonds. The first-order chi connectivity index (χ1) is 12.2. The van der Waals surface area contributed by atoms with E-state index in [4.69, 9.17) is 0 Å². The quantitative estimate of drug-likeness (QED) is 0.773. The van der Waals surface area contributed by atoms with Crippen molar-refractivity contribution < 1.29 is 22.4 Å². The van der Waals surface area contributed by atoms with Gasteiger partial charge in [0, 0.05) is 26.3 Å². The number of amides is 2. The van der Waals surface area contributed by atoms with E-state index in [2.05, 4.69) is 10.6 Å². The van der Waals surface area contributed by atoms with Crippen LogP contribution in [0, 0.1) is 5.82 Å². The molecule has 140 valence electrons. The number of carbonyl (C=O) groups is 1. The predicted molar refractivity (Wildman–Crippen MR) is 92.9 cm³/mol. The van der Waals surface area contributed by atoms with Crippen LogP contribution in [0.15, 0.2) is 42.5 Å². The van der Waals surface area contributed by atoms with E-state index in [-0.39, 0.29) is 18.7 Å². The predicted octanol–water partition coefficient (Wildman–Crippen LogP) is 4.27. The summed E-state index contributed by atoms with van der Waals surface area (Å²) >= 11 is 0. The van der Waals surface area contributed by atoms with Gasteiger partial charge in [-0.15, -0.1) is 0 Å². The summed E-state index contributed by atoms with van der Waals surface area (Å²) in [6.07, 6.45) is -4.38. The van der Waals surface area contributed by atoms with E-state index < -0.39 is 23.6 Å². The molecule has 2 N–H and O–H groups in total. The second-order valence-electron chi connectivity index (χ2n) is 5.84. The fourth-order valence-electron chi connectivity index (χ4n) is 2.33. The van der Waals surface area contributed by atoms with Crippen LogP contribution >= 0.6 is 0 Å². The lowest BCUT2D eigenvalue weighted by atomic mass is 10.1. The van der Waals surface area contributed by atoms with Gasteiger partial charge in [0.25, 0.3) is 0 Å². The molecule has 2 aromatic carbocycles. The largest absolute Gasteiger partial charge is 0.418 e. The van der Waals surface area contributed by atoms with Crippen LogP contribution in [-0.4, -0.2) is 26.7 Å². The van der Waals surface area contributed by atoms with Crippen LogP contribution in [-0.2, 0) is 12.6 Å². The molecule has 26 heavy (non-hydrogen) atoms. The van der Waals surface area contributed by atoms with Gasteiger partial charge in [-0.3, -0.25) is 0 Å². The number of rotatable bonds is 5. The molecule has 0 unspecified atom stereocenters. The smallest absolute Gasteiger partial charge is 0.378 e. The first-order valence-corrected chi connectivity index (χ1v) is 7.85. The Morgan fingerprint density at radius 1 is 1.12 bits per heavy atom. The maximum Gasteiger partial charge on any atom is 0.418 e. The van der Waals surface area contributed by atoms with Gasteiger partial charge in [0.15, 0.2) is 0 Å². The molecule has 0 spiro atoms. The first-order valence-electron chi connectivity index (χ1n) is 7.85. The highest BCUT2D eigenvalue weighted by Crippen LogP contribution is 2.37. The highest BCUT2D eigenvalue weighted by Gasteiger charge is 2.34. The standard InChI is InChI=1S/C18H19F4N3O/c1-25(2)13-7-8-16(14(11-13)18(20,21)22)24-17(26)23-10-9-12-5-3-4-6-15(12)19/h3-8,11H,9-10H2,1-2H3,(H2,23,24,26). The number of hydrogen-bond acceptors (Lipinski definition) is 2. The van der Waals surface area contributed by atoms with E-state index in [1.807, 2.05) is 0 Å². The summed E-state index contributed by atoms with van der Waals surface area (Å²) in [7, 11) is 3.25. The summed E-state index contributed by atoms with van der Waals surface area (Å²) < 4.78 is 53.2. The van der Waals surface area contributed by atoms with Gasteiger partial charge < -0.3 is 15.5 Å². The zero-order chi connectivity index (χ0) is 19.3. The Balaban J connectivity index is 2.03. The maximum absolute atomic E-state index is 13.5. The minimum absolute atomic E-state index is 0.0872. The molecule has 4 nitrogen and oxygen atoms in total. The van der Waals surface area contributed by atoms with Crippen molar-refractivity contribution in [3.8, 4) is 0 Å². The SMILES string of the molecule is CN(C)c1ccc(NC(=O)NCCc2ccccc2F)c(C(F)(F)F)c1. The third-order valence-corrected chi connectivity index (χ3v) is 3.71. The third kappa shape index (κ3) is 5.11. The van der Waals surface area contributed by atoms with Crippen molar-refractivity contribution in [1.29, 1.82) is 0 Å². The van der Waals surface area contributed by atoms with Crippen molar-refractivity contribution in [2.45, 2.75) is 12.6 Å². The van der Waals surface area contributed by atoms with Gasteiger partial charge >= 0.3 is 12.2 Å². The highest BCUT2D eigenvalue weighted by atomic mass is 19.4. The van der Waals surface area contributed by atoms with Crippen molar-refractivity contribution in [3.63, 3.8) is 0 Å². The average Bonchev–Trinajstić information content (AvgIpc) is 2.55. The number of anilines is 2. The minimum atomic E-state index is -4.61. The fourth-order valence-corrected chi connectivity index (χ4v) is 2.33. The molecular formula is C18H19F4N3O.